The van der Waals surface area contributed by atoms with E-state index in [0.29, 0.717) is 48.1 Å². The fraction of sp³-hybridized carbons (Fsp3) is 0.481. The van der Waals surface area contributed by atoms with E-state index in [4.69, 9.17) is 11.6 Å². The standard InChI is InChI=1S/C27H31ClN6O4S.ClH/c1-33-7-6-20-23(13-33)39-26(32-20)25(37)31-21-9-14(27(38)34-11-17(35)12-34)2-4-19(21)30-24(36)22-10-15-8-16(28)3-5-18(15)29-22;/h3,5,8,10,14,17,19,21,29,35H,2,4,6-7,9,11-13H2,1H3,(H,30,36)(H,31,37);1H. The van der Waals surface area contributed by atoms with E-state index in [1.807, 2.05) is 13.1 Å². The summed E-state index contributed by atoms with van der Waals surface area (Å²) in [7, 11) is 2.05. The van der Waals surface area contributed by atoms with Crippen molar-refractivity contribution in [3.8, 4) is 0 Å². The minimum Gasteiger partial charge on any atom is -0.389 e. The number of H-pyrrole nitrogens is 1. The number of likely N-dealkylation sites (tertiary alicyclic amines) is 1. The van der Waals surface area contributed by atoms with Gasteiger partial charge in [0.25, 0.3) is 11.8 Å². The number of rotatable bonds is 5. The lowest BCUT2D eigenvalue weighted by Crippen LogP contribution is -2.59. The van der Waals surface area contributed by atoms with Crippen LogP contribution in [0.5, 0.6) is 0 Å². The largest absolute Gasteiger partial charge is 0.389 e. The number of carbonyl (C=O) groups excluding carboxylic acids is 3. The topological polar surface area (TPSA) is 131 Å². The van der Waals surface area contributed by atoms with Crippen LogP contribution in [-0.4, -0.2) is 87.5 Å². The summed E-state index contributed by atoms with van der Waals surface area (Å²) in [6.45, 7) is 2.37. The molecule has 214 valence electrons. The van der Waals surface area contributed by atoms with Crippen molar-refractivity contribution in [2.24, 2.45) is 5.92 Å². The van der Waals surface area contributed by atoms with Crippen LogP contribution in [-0.2, 0) is 17.8 Å². The van der Waals surface area contributed by atoms with E-state index < -0.39 is 12.1 Å². The monoisotopic (exact) mass is 606 g/mol. The lowest BCUT2D eigenvalue weighted by molar-refractivity contribution is -0.147. The lowest BCUT2D eigenvalue weighted by Gasteiger charge is -2.42. The van der Waals surface area contributed by atoms with Crippen LogP contribution >= 0.6 is 35.3 Å². The maximum Gasteiger partial charge on any atom is 0.280 e. The van der Waals surface area contributed by atoms with Crippen molar-refractivity contribution < 1.29 is 19.5 Å². The molecule has 2 fully saturated rings. The Morgan fingerprint density at radius 2 is 1.90 bits per heavy atom. The first-order valence-corrected chi connectivity index (χ1v) is 14.5. The molecule has 1 aliphatic carbocycles. The molecule has 40 heavy (non-hydrogen) atoms. The molecule has 10 nitrogen and oxygen atoms in total. The van der Waals surface area contributed by atoms with Crippen LogP contribution < -0.4 is 10.6 Å². The third-order valence-corrected chi connectivity index (χ3v) is 9.27. The molecular formula is C27H32Cl2N6O4S. The molecule has 4 heterocycles. The number of fused-ring (bicyclic) bond motifs is 2. The summed E-state index contributed by atoms with van der Waals surface area (Å²) in [6.07, 6.45) is 1.86. The Bertz CT molecular complexity index is 1440. The summed E-state index contributed by atoms with van der Waals surface area (Å²) in [5, 5.41) is 17.7. The number of β-amino-alcohol motifs (C(OH)–C–C–N with tert-alkyl or cyclic N) is 1. The fourth-order valence-corrected chi connectivity index (χ4v) is 7.01. The molecule has 3 amide bonds. The molecular weight excluding hydrogens is 575 g/mol. The Morgan fingerprint density at radius 1 is 1.12 bits per heavy atom. The number of aromatic nitrogens is 2. The number of carbonyl (C=O) groups is 3. The van der Waals surface area contributed by atoms with E-state index in [2.05, 4.69) is 25.5 Å². The molecule has 3 unspecified atom stereocenters. The maximum absolute atomic E-state index is 13.3. The Balaban J connectivity index is 0.00000323. The van der Waals surface area contributed by atoms with Gasteiger partial charge in [0.05, 0.1) is 17.8 Å². The molecule has 6 rings (SSSR count). The molecule has 1 saturated heterocycles. The number of aromatic amines is 1. The third-order valence-electron chi connectivity index (χ3n) is 7.95. The highest BCUT2D eigenvalue weighted by Crippen LogP contribution is 2.30. The summed E-state index contributed by atoms with van der Waals surface area (Å²) >= 11 is 7.50. The Morgan fingerprint density at radius 3 is 2.67 bits per heavy atom. The number of amides is 3. The van der Waals surface area contributed by atoms with Gasteiger partial charge in [-0.3, -0.25) is 14.4 Å². The summed E-state index contributed by atoms with van der Waals surface area (Å²) in [5.74, 6) is -0.863. The number of hydrogen-bond acceptors (Lipinski definition) is 7. The average Bonchev–Trinajstić information content (AvgIpc) is 3.51. The van der Waals surface area contributed by atoms with Gasteiger partial charge in [-0.1, -0.05) is 11.6 Å². The molecule has 3 aliphatic rings. The van der Waals surface area contributed by atoms with Gasteiger partial charge in [0, 0.05) is 65.4 Å². The molecule has 0 radical (unpaired) electrons. The predicted molar refractivity (Wildman–Crippen MR) is 155 cm³/mol. The zero-order valence-corrected chi connectivity index (χ0v) is 24.4. The van der Waals surface area contributed by atoms with Gasteiger partial charge in [-0.2, -0.15) is 0 Å². The van der Waals surface area contributed by atoms with Crippen LogP contribution in [0.2, 0.25) is 5.02 Å². The Hall–Kier alpha value is -2.70. The number of halogens is 2. The second-order valence-electron chi connectivity index (χ2n) is 10.9. The van der Waals surface area contributed by atoms with Crippen molar-refractivity contribution in [1.82, 2.24) is 30.4 Å². The smallest absolute Gasteiger partial charge is 0.280 e. The molecule has 13 heteroatoms. The number of benzene rings is 1. The van der Waals surface area contributed by atoms with Gasteiger partial charge in [0.15, 0.2) is 5.01 Å². The van der Waals surface area contributed by atoms with Gasteiger partial charge >= 0.3 is 0 Å². The summed E-state index contributed by atoms with van der Waals surface area (Å²) in [5.41, 5.74) is 2.18. The van der Waals surface area contributed by atoms with Crippen LogP contribution in [0.1, 0.15) is 50.1 Å². The minimum absolute atomic E-state index is 0. The molecule has 0 spiro atoms. The SMILES string of the molecule is CN1CCc2nc(C(=O)NC3CC(C(=O)N4CC(O)C4)CCC3NC(=O)c3cc4cc(Cl)ccc4[nH]3)sc2C1.Cl. The van der Waals surface area contributed by atoms with E-state index in [1.165, 1.54) is 11.3 Å². The highest BCUT2D eigenvalue weighted by Gasteiger charge is 2.40. The van der Waals surface area contributed by atoms with Crippen molar-refractivity contribution >= 4 is 64.0 Å². The van der Waals surface area contributed by atoms with E-state index in [0.717, 1.165) is 41.0 Å². The summed E-state index contributed by atoms with van der Waals surface area (Å²) < 4.78 is 0. The predicted octanol–water partition coefficient (Wildman–Crippen LogP) is 2.59. The number of likely N-dealkylation sites (N-methyl/N-ethyl adjacent to an activating group) is 1. The van der Waals surface area contributed by atoms with Gasteiger partial charge in [-0.25, -0.2) is 4.98 Å². The van der Waals surface area contributed by atoms with Crippen molar-refractivity contribution in [2.45, 2.75) is 50.4 Å². The van der Waals surface area contributed by atoms with Gasteiger partial charge in [-0.05, 0) is 50.6 Å². The number of thiazole rings is 1. The third kappa shape index (κ3) is 5.84. The van der Waals surface area contributed by atoms with Crippen LogP contribution in [0.15, 0.2) is 24.3 Å². The highest BCUT2D eigenvalue weighted by atomic mass is 35.5. The number of hydrogen-bond donors (Lipinski definition) is 4. The maximum atomic E-state index is 13.3. The van der Waals surface area contributed by atoms with Gasteiger partial charge < -0.3 is 30.5 Å². The molecule has 4 N–H and O–H groups in total. The van der Waals surface area contributed by atoms with Crippen molar-refractivity contribution in [3.05, 3.63) is 50.6 Å². The molecule has 3 atom stereocenters. The molecule has 3 aromatic rings. The molecule has 2 aliphatic heterocycles. The van der Waals surface area contributed by atoms with Gasteiger partial charge in [-0.15, -0.1) is 23.7 Å². The second-order valence-corrected chi connectivity index (χ2v) is 12.4. The minimum atomic E-state index is -0.471. The van der Waals surface area contributed by atoms with Gasteiger partial charge in [0.2, 0.25) is 5.91 Å². The fourth-order valence-electron chi connectivity index (χ4n) is 5.74. The van der Waals surface area contributed by atoms with E-state index in [-0.39, 0.29) is 42.1 Å². The summed E-state index contributed by atoms with van der Waals surface area (Å²) in [4.78, 5) is 52.3. The first-order valence-electron chi connectivity index (χ1n) is 13.3. The van der Waals surface area contributed by atoms with E-state index in [1.54, 1.807) is 23.1 Å². The van der Waals surface area contributed by atoms with Crippen molar-refractivity contribution in [1.29, 1.82) is 0 Å². The van der Waals surface area contributed by atoms with Crippen LogP contribution in [0.25, 0.3) is 10.9 Å². The Kier molecular flexibility index (Phi) is 8.40. The number of nitrogens with one attached hydrogen (secondary N) is 3. The van der Waals surface area contributed by atoms with Crippen molar-refractivity contribution in [2.75, 3.05) is 26.7 Å². The lowest BCUT2D eigenvalue weighted by atomic mass is 9.80. The average molecular weight is 608 g/mol. The van der Waals surface area contributed by atoms with Gasteiger partial charge in [0.1, 0.15) is 5.69 Å². The number of nitrogens with zero attached hydrogens (tertiary/aromatic N) is 3. The zero-order valence-electron chi connectivity index (χ0n) is 22.0. The molecule has 0 bridgehead atoms. The number of aliphatic hydroxyl groups excluding tert-OH is 1. The molecule has 1 aromatic carbocycles. The molecule has 2 aromatic heterocycles. The highest BCUT2D eigenvalue weighted by molar-refractivity contribution is 7.13. The first kappa shape index (κ1) is 28.8. The van der Waals surface area contributed by atoms with Crippen LogP contribution in [0, 0.1) is 5.92 Å². The Labute approximate surface area is 246 Å². The normalized spacial score (nSPS) is 23.2. The quantitative estimate of drug-likeness (QED) is 0.353. The van der Waals surface area contributed by atoms with Crippen LogP contribution in [0.4, 0.5) is 0 Å². The van der Waals surface area contributed by atoms with E-state index >= 15 is 0 Å². The van der Waals surface area contributed by atoms with Crippen molar-refractivity contribution in [3.63, 3.8) is 0 Å². The van der Waals surface area contributed by atoms with Crippen LogP contribution in [0.3, 0.4) is 0 Å². The number of aliphatic hydroxyl groups is 1. The second kappa shape index (κ2) is 11.7. The molecule has 1 saturated carbocycles. The summed E-state index contributed by atoms with van der Waals surface area (Å²) in [6, 6.07) is 6.33. The van der Waals surface area contributed by atoms with E-state index in [9.17, 15) is 19.5 Å². The zero-order chi connectivity index (χ0) is 27.3. The first-order chi connectivity index (χ1) is 18.7.